The van der Waals surface area contributed by atoms with Gasteiger partial charge in [0.05, 0.1) is 15.3 Å². The second-order valence-corrected chi connectivity index (χ2v) is 5.18. The van der Waals surface area contributed by atoms with Gasteiger partial charge in [0.1, 0.15) is 6.17 Å². The van der Waals surface area contributed by atoms with Crippen LogP contribution in [-0.2, 0) is 16.7 Å². The number of benzene rings is 1. The first-order valence-corrected chi connectivity index (χ1v) is 6.55. The van der Waals surface area contributed by atoms with E-state index in [0.717, 1.165) is 0 Å². The number of fused-ring (bicyclic) bond motifs is 1. The number of halogens is 1. The Morgan fingerprint density at radius 2 is 2.28 bits per heavy atom. The first-order valence-electron chi connectivity index (χ1n) is 6.15. The highest BCUT2D eigenvalue weighted by molar-refractivity contribution is 7.83. The van der Waals surface area contributed by atoms with Gasteiger partial charge in [0.25, 0.3) is 0 Å². The highest BCUT2D eigenvalue weighted by Crippen LogP contribution is 2.38. The molecule has 2 atom stereocenters. The summed E-state index contributed by atoms with van der Waals surface area (Å²) in [6.45, 7) is -2.83. The van der Waals surface area contributed by atoms with Crippen molar-refractivity contribution < 1.29 is 20.1 Å². The van der Waals surface area contributed by atoms with Crippen LogP contribution in [0.15, 0.2) is 24.3 Å². The number of terminal acetylenes is 1. The largest absolute Gasteiger partial charge is 0.337 e. The van der Waals surface area contributed by atoms with Crippen molar-refractivity contribution >= 4 is 10.3 Å². The third kappa shape index (κ3) is 2.25. The molecule has 1 N–H and O–H groups in total. The Morgan fingerprint density at radius 3 is 2.89 bits per heavy atom. The first kappa shape index (κ1) is 10.5. The average molecular weight is 271 g/mol. The second-order valence-electron chi connectivity index (χ2n) is 3.89. The van der Waals surface area contributed by atoms with Crippen LogP contribution < -0.4 is 0 Å². The number of nitrogens with zero attached hydrogens (tertiary/aromatic N) is 1. The normalized spacial score (nSPS) is 25.2. The van der Waals surface area contributed by atoms with Gasteiger partial charge in [-0.1, -0.05) is 30.2 Å². The third-order valence-corrected chi connectivity index (χ3v) is 3.62. The predicted octanol–water partition coefficient (Wildman–Crippen LogP) is 1.36. The van der Waals surface area contributed by atoms with Crippen LogP contribution in [0.5, 0.6) is 0 Å². The zero-order valence-corrected chi connectivity index (χ0v) is 10.1. The molecule has 0 spiro atoms. The Kier molecular flexibility index (Phi) is 2.73. The Hall–Kier alpha value is -1.42. The summed E-state index contributed by atoms with van der Waals surface area (Å²) in [7, 11) is -5.02. The van der Waals surface area contributed by atoms with Crippen LogP contribution in [0.25, 0.3) is 0 Å². The van der Waals surface area contributed by atoms with Gasteiger partial charge in [-0.15, -0.1) is 6.42 Å². The van der Waals surface area contributed by atoms with Crippen molar-refractivity contribution in [1.29, 1.82) is 0 Å². The van der Waals surface area contributed by atoms with Crippen molar-refractivity contribution in [2.45, 2.75) is 18.6 Å². The molecule has 1 aliphatic carbocycles. The van der Waals surface area contributed by atoms with Gasteiger partial charge in [0.15, 0.2) is 0 Å². The van der Waals surface area contributed by atoms with Gasteiger partial charge in [0, 0.05) is 6.42 Å². The molecule has 0 amide bonds. The van der Waals surface area contributed by atoms with Crippen molar-refractivity contribution in [3.8, 4) is 12.3 Å². The molecule has 1 aromatic rings. The zero-order chi connectivity index (χ0) is 15.1. The molecule has 0 aromatic heterocycles. The fourth-order valence-corrected chi connectivity index (χ4v) is 2.83. The van der Waals surface area contributed by atoms with Gasteiger partial charge in [-0.3, -0.25) is 4.55 Å². The van der Waals surface area contributed by atoms with E-state index in [1.807, 2.05) is 0 Å². The minimum Gasteiger partial charge on any atom is -0.273 e. The minimum atomic E-state index is -5.02. The molecule has 0 radical (unpaired) electrons. The molecule has 1 aliphatic rings. The van der Waals surface area contributed by atoms with Gasteiger partial charge in [-0.05, 0) is 11.1 Å². The van der Waals surface area contributed by atoms with E-state index >= 15 is 0 Å². The molecule has 0 bridgehead atoms. The molecule has 1 aromatic carbocycles. The lowest BCUT2D eigenvalue weighted by Gasteiger charge is -2.25. The maximum Gasteiger partial charge on any atom is 0.337 e. The topological polar surface area (TPSA) is 57.6 Å². The van der Waals surface area contributed by atoms with E-state index in [2.05, 4.69) is 0 Å². The Morgan fingerprint density at radius 1 is 1.61 bits per heavy atom. The summed E-state index contributed by atoms with van der Waals surface area (Å²) in [5.74, 6) is 1.63. The monoisotopic (exact) mass is 271 g/mol. The fraction of sp³-hybridized carbons (Fsp3) is 0.333. The van der Waals surface area contributed by atoms with Crippen molar-refractivity contribution in [2.24, 2.45) is 0 Å². The van der Waals surface area contributed by atoms with E-state index in [9.17, 15) is 17.4 Å². The first-order chi connectivity index (χ1) is 9.18. The van der Waals surface area contributed by atoms with Gasteiger partial charge >= 0.3 is 10.3 Å². The number of hydrogen-bond donors (Lipinski definition) is 1. The summed E-state index contributed by atoms with van der Waals surface area (Å²) in [5.41, 5.74) is 0.864. The summed E-state index contributed by atoms with van der Waals surface area (Å²) in [6, 6.07) is 4.88. The molecular weight excluding hydrogens is 257 g/mol. The van der Waals surface area contributed by atoms with Crippen LogP contribution in [0, 0.1) is 12.3 Å². The van der Waals surface area contributed by atoms with Crippen LogP contribution in [-0.4, -0.2) is 29.9 Å². The van der Waals surface area contributed by atoms with Gasteiger partial charge in [-0.25, -0.2) is 4.39 Å². The lowest BCUT2D eigenvalue weighted by atomic mass is 10.1. The highest BCUT2D eigenvalue weighted by Gasteiger charge is 2.41. The summed E-state index contributed by atoms with van der Waals surface area (Å²) in [6.07, 6.45) is 3.23. The molecular formula is C12H12FNO3S. The van der Waals surface area contributed by atoms with E-state index in [0.29, 0.717) is 11.1 Å². The van der Waals surface area contributed by atoms with Gasteiger partial charge in [0.2, 0.25) is 0 Å². The zero-order valence-electron chi connectivity index (χ0n) is 11.2. The maximum absolute atomic E-state index is 14.2. The van der Waals surface area contributed by atoms with E-state index in [4.69, 9.17) is 9.16 Å². The van der Waals surface area contributed by atoms with E-state index in [-0.39, 0.29) is 10.7 Å². The van der Waals surface area contributed by atoms with Crippen LogP contribution in [0.1, 0.15) is 19.9 Å². The van der Waals surface area contributed by atoms with Crippen molar-refractivity contribution in [3.63, 3.8) is 0 Å². The molecule has 4 nitrogen and oxygen atoms in total. The summed E-state index contributed by atoms with van der Waals surface area (Å²) >= 11 is 0. The lowest BCUT2D eigenvalue weighted by molar-refractivity contribution is 0.196. The smallest absolute Gasteiger partial charge is 0.273 e. The Balaban J connectivity index is 2.60. The van der Waals surface area contributed by atoms with Crippen LogP contribution in [0.4, 0.5) is 4.39 Å². The molecule has 0 saturated heterocycles. The average Bonchev–Trinajstić information content (AvgIpc) is 2.65. The van der Waals surface area contributed by atoms with Crippen molar-refractivity contribution in [2.75, 3.05) is 6.50 Å². The molecule has 0 saturated carbocycles. The van der Waals surface area contributed by atoms with E-state index < -0.39 is 29.0 Å². The molecule has 18 heavy (non-hydrogen) atoms. The van der Waals surface area contributed by atoms with E-state index in [1.165, 1.54) is 6.07 Å². The SMILES string of the molecule is [2H]C([2H])(C#C)N(C1c2ccccc2CC1F)S(=O)(=O)O. The molecule has 0 fully saturated rings. The van der Waals surface area contributed by atoms with Gasteiger partial charge in [-0.2, -0.15) is 12.7 Å². The summed E-state index contributed by atoms with van der Waals surface area (Å²) in [5, 5.41) is 0. The van der Waals surface area contributed by atoms with Crippen LogP contribution in [0.2, 0.25) is 0 Å². The summed E-state index contributed by atoms with van der Waals surface area (Å²) < 4.78 is 61.4. The Labute approximate surface area is 108 Å². The molecule has 0 heterocycles. The fourth-order valence-electron chi connectivity index (χ4n) is 2.13. The predicted molar refractivity (Wildman–Crippen MR) is 64.9 cm³/mol. The maximum atomic E-state index is 14.2. The van der Waals surface area contributed by atoms with Crippen molar-refractivity contribution in [3.05, 3.63) is 35.4 Å². The lowest BCUT2D eigenvalue weighted by Crippen LogP contribution is -2.37. The van der Waals surface area contributed by atoms with Crippen molar-refractivity contribution in [1.82, 2.24) is 4.31 Å². The molecule has 0 aliphatic heterocycles. The highest BCUT2D eigenvalue weighted by atomic mass is 32.2. The molecule has 2 unspecified atom stereocenters. The molecule has 2 rings (SSSR count). The summed E-state index contributed by atoms with van der Waals surface area (Å²) in [4.78, 5) is 0. The van der Waals surface area contributed by atoms with Crippen LogP contribution >= 0.6 is 0 Å². The number of hydrogen-bond acceptors (Lipinski definition) is 2. The number of alkyl halides is 1. The number of rotatable bonds is 3. The third-order valence-electron chi connectivity index (χ3n) is 2.81. The Bertz CT molecular complexity index is 672. The van der Waals surface area contributed by atoms with E-state index in [1.54, 1.807) is 24.1 Å². The standard InChI is InChI=1S/C12H12FNO3S/c1-2-7-14(18(15,16)17)12-10-6-4-3-5-9(10)8-11(12)13/h1,3-6,11-12H,7-8H2,(H,15,16,17)/i7D2. The molecule has 6 heteroatoms. The quantitative estimate of drug-likeness (QED) is 0.667. The van der Waals surface area contributed by atoms with Crippen LogP contribution in [0.3, 0.4) is 0 Å². The minimum absolute atomic E-state index is 0.0104. The second kappa shape index (κ2) is 4.69. The van der Waals surface area contributed by atoms with Gasteiger partial charge < -0.3 is 0 Å². The molecule has 96 valence electrons.